The summed E-state index contributed by atoms with van der Waals surface area (Å²) in [5, 5.41) is 9.78. The summed E-state index contributed by atoms with van der Waals surface area (Å²) in [5.41, 5.74) is 5.40. The third-order valence-corrected chi connectivity index (χ3v) is 3.69. The number of aliphatic hydroxyl groups is 1. The van der Waals surface area contributed by atoms with Crippen LogP contribution in [0.25, 0.3) is 0 Å². The van der Waals surface area contributed by atoms with Crippen LogP contribution >= 0.6 is 12.4 Å². The smallest absolute Gasteiger partial charge is 0.0714 e. The van der Waals surface area contributed by atoms with Gasteiger partial charge < -0.3 is 10.8 Å². The molecule has 3 N–H and O–H groups in total. The Bertz CT molecular complexity index is 180. The summed E-state index contributed by atoms with van der Waals surface area (Å²) in [6.07, 6.45) is 13.8. The van der Waals surface area contributed by atoms with Crippen LogP contribution in [0.2, 0.25) is 0 Å². The second kappa shape index (κ2) is 13.2. The Balaban J connectivity index is 0. The van der Waals surface area contributed by atoms with Gasteiger partial charge in [0.1, 0.15) is 0 Å². The second-order valence-electron chi connectivity index (χ2n) is 6.31. The normalized spacial score (nSPS) is 13.1. The second-order valence-corrected chi connectivity index (χ2v) is 6.31. The molecule has 0 aliphatic rings. The van der Waals surface area contributed by atoms with Crippen LogP contribution in [-0.4, -0.2) is 16.7 Å². The van der Waals surface area contributed by atoms with Crippen molar-refractivity contribution in [1.82, 2.24) is 0 Å². The maximum atomic E-state index is 9.78. The van der Waals surface area contributed by atoms with Gasteiger partial charge in [-0.1, -0.05) is 71.1 Å². The van der Waals surface area contributed by atoms with E-state index in [1.54, 1.807) is 0 Å². The molecule has 0 radical (unpaired) electrons. The van der Waals surface area contributed by atoms with Gasteiger partial charge in [0.25, 0.3) is 0 Å². The summed E-state index contributed by atoms with van der Waals surface area (Å²) >= 11 is 0. The van der Waals surface area contributed by atoms with Gasteiger partial charge in [0, 0.05) is 5.54 Å². The third-order valence-electron chi connectivity index (χ3n) is 3.69. The summed E-state index contributed by atoms with van der Waals surface area (Å²) in [5.74, 6) is 0. The van der Waals surface area contributed by atoms with Crippen molar-refractivity contribution in [2.75, 3.05) is 0 Å². The van der Waals surface area contributed by atoms with Crippen LogP contribution in [0, 0.1) is 0 Å². The minimum absolute atomic E-state index is 0. The summed E-state index contributed by atoms with van der Waals surface area (Å²) in [6.45, 7) is 6.05. The van der Waals surface area contributed by atoms with Crippen molar-refractivity contribution in [3.8, 4) is 0 Å². The van der Waals surface area contributed by atoms with Gasteiger partial charge in [-0.25, -0.2) is 0 Å². The molecule has 0 aromatic carbocycles. The molecule has 0 bridgehead atoms. The van der Waals surface area contributed by atoms with E-state index in [9.17, 15) is 5.11 Å². The fourth-order valence-corrected chi connectivity index (χ4v) is 2.20. The number of rotatable bonds is 12. The number of hydrogen-bond acceptors (Lipinski definition) is 2. The van der Waals surface area contributed by atoms with Gasteiger partial charge in [-0.15, -0.1) is 12.4 Å². The lowest BCUT2D eigenvalue weighted by atomic mass is 9.94. The topological polar surface area (TPSA) is 46.2 Å². The summed E-state index contributed by atoms with van der Waals surface area (Å²) in [4.78, 5) is 0. The Labute approximate surface area is 127 Å². The maximum absolute atomic E-state index is 9.78. The van der Waals surface area contributed by atoms with Crippen molar-refractivity contribution < 1.29 is 5.11 Å². The highest BCUT2D eigenvalue weighted by atomic mass is 35.5. The molecule has 0 rings (SSSR count). The van der Waals surface area contributed by atoms with Gasteiger partial charge in [-0.05, 0) is 20.3 Å². The molecule has 0 spiro atoms. The molecule has 0 amide bonds. The van der Waals surface area contributed by atoms with Crippen molar-refractivity contribution in [2.45, 2.75) is 103 Å². The Morgan fingerprint density at radius 1 is 0.842 bits per heavy atom. The van der Waals surface area contributed by atoms with E-state index >= 15 is 0 Å². The average Bonchev–Trinajstić information content (AvgIpc) is 2.30. The molecule has 0 aromatic rings. The zero-order chi connectivity index (χ0) is 13.9. The van der Waals surface area contributed by atoms with Crippen molar-refractivity contribution in [2.24, 2.45) is 5.73 Å². The predicted molar refractivity (Wildman–Crippen MR) is 88.0 cm³/mol. The van der Waals surface area contributed by atoms with Gasteiger partial charge in [0.05, 0.1) is 6.10 Å². The largest absolute Gasteiger partial charge is 0.391 e. The molecule has 0 aliphatic carbocycles. The number of unbranched alkanes of at least 4 members (excludes halogenated alkanes) is 9. The predicted octanol–water partition coefficient (Wildman–Crippen LogP) is 4.82. The molecule has 0 saturated heterocycles. The van der Waals surface area contributed by atoms with E-state index in [1.165, 1.54) is 57.8 Å². The molecular formula is C16H36ClNO. The van der Waals surface area contributed by atoms with E-state index < -0.39 is 5.54 Å². The molecule has 1 unspecified atom stereocenters. The molecule has 0 saturated carbocycles. The van der Waals surface area contributed by atoms with Crippen LogP contribution < -0.4 is 5.73 Å². The van der Waals surface area contributed by atoms with Crippen molar-refractivity contribution >= 4 is 12.4 Å². The Kier molecular flexibility index (Phi) is 14.9. The molecule has 0 fully saturated rings. The number of nitrogens with two attached hydrogens (primary N) is 1. The van der Waals surface area contributed by atoms with E-state index in [-0.39, 0.29) is 18.5 Å². The lowest BCUT2D eigenvalue weighted by Crippen LogP contribution is -2.44. The summed E-state index contributed by atoms with van der Waals surface area (Å²) < 4.78 is 0. The third kappa shape index (κ3) is 14.4. The first-order valence-corrected chi connectivity index (χ1v) is 7.95. The highest BCUT2D eigenvalue weighted by Crippen LogP contribution is 2.15. The van der Waals surface area contributed by atoms with E-state index in [1.807, 2.05) is 13.8 Å². The maximum Gasteiger partial charge on any atom is 0.0714 e. The zero-order valence-corrected chi connectivity index (χ0v) is 14.1. The first-order chi connectivity index (χ1) is 8.48. The van der Waals surface area contributed by atoms with E-state index in [0.717, 1.165) is 12.8 Å². The number of halogens is 1. The molecule has 118 valence electrons. The van der Waals surface area contributed by atoms with Gasteiger partial charge in [-0.2, -0.15) is 0 Å². The van der Waals surface area contributed by atoms with E-state index in [0.29, 0.717) is 0 Å². The molecular weight excluding hydrogens is 258 g/mol. The minimum atomic E-state index is -0.445. The summed E-state index contributed by atoms with van der Waals surface area (Å²) in [7, 11) is 0. The van der Waals surface area contributed by atoms with Crippen molar-refractivity contribution in [3.63, 3.8) is 0 Å². The highest BCUT2D eigenvalue weighted by molar-refractivity contribution is 5.85. The fourth-order valence-electron chi connectivity index (χ4n) is 2.20. The van der Waals surface area contributed by atoms with Crippen LogP contribution in [0.4, 0.5) is 0 Å². The first-order valence-electron chi connectivity index (χ1n) is 7.95. The van der Waals surface area contributed by atoms with Crippen LogP contribution in [0.5, 0.6) is 0 Å². The molecule has 3 heteroatoms. The van der Waals surface area contributed by atoms with Crippen LogP contribution in [0.1, 0.15) is 91.4 Å². The standard InChI is InChI=1S/C16H35NO.ClH/c1-4-5-6-7-8-9-10-11-12-13-14-15(18)16(2,3)17;/h15,18H,4-14,17H2,1-3H3;1H. The van der Waals surface area contributed by atoms with Crippen molar-refractivity contribution in [3.05, 3.63) is 0 Å². The monoisotopic (exact) mass is 293 g/mol. The Morgan fingerprint density at radius 3 is 1.58 bits per heavy atom. The highest BCUT2D eigenvalue weighted by Gasteiger charge is 2.21. The summed E-state index contributed by atoms with van der Waals surface area (Å²) in [6, 6.07) is 0. The van der Waals surface area contributed by atoms with Crippen LogP contribution in [0.3, 0.4) is 0 Å². The number of hydrogen-bond donors (Lipinski definition) is 2. The fraction of sp³-hybridized carbons (Fsp3) is 1.00. The van der Waals surface area contributed by atoms with E-state index in [2.05, 4.69) is 6.92 Å². The lowest BCUT2D eigenvalue weighted by Gasteiger charge is -2.25. The quantitative estimate of drug-likeness (QED) is 0.507. The molecule has 0 aliphatic heterocycles. The molecule has 2 nitrogen and oxygen atoms in total. The minimum Gasteiger partial charge on any atom is -0.391 e. The molecule has 1 atom stereocenters. The Morgan fingerprint density at radius 2 is 1.21 bits per heavy atom. The number of aliphatic hydroxyl groups excluding tert-OH is 1. The van der Waals surface area contributed by atoms with Gasteiger partial charge in [-0.3, -0.25) is 0 Å². The van der Waals surface area contributed by atoms with E-state index in [4.69, 9.17) is 5.73 Å². The molecule has 0 aromatic heterocycles. The van der Waals surface area contributed by atoms with Gasteiger partial charge in [0.2, 0.25) is 0 Å². The average molecular weight is 294 g/mol. The molecule has 0 heterocycles. The lowest BCUT2D eigenvalue weighted by molar-refractivity contribution is 0.0925. The zero-order valence-electron chi connectivity index (χ0n) is 13.3. The Hall–Kier alpha value is 0.210. The first kappa shape index (κ1) is 21.5. The van der Waals surface area contributed by atoms with Gasteiger partial charge in [0.15, 0.2) is 0 Å². The van der Waals surface area contributed by atoms with Crippen LogP contribution in [0.15, 0.2) is 0 Å². The van der Waals surface area contributed by atoms with Gasteiger partial charge >= 0.3 is 0 Å². The molecule has 19 heavy (non-hydrogen) atoms. The van der Waals surface area contributed by atoms with Crippen LogP contribution in [-0.2, 0) is 0 Å². The SMILES string of the molecule is CCCCCCCCCCCCC(O)C(C)(C)N.Cl. The van der Waals surface area contributed by atoms with Crippen molar-refractivity contribution in [1.29, 1.82) is 0 Å².